The predicted octanol–water partition coefficient (Wildman–Crippen LogP) is 0.541. The van der Waals surface area contributed by atoms with Crippen LogP contribution in [0.1, 0.15) is 6.92 Å². The molecule has 0 aliphatic carbocycles. The second-order valence-electron chi connectivity index (χ2n) is 2.27. The van der Waals surface area contributed by atoms with Crippen molar-refractivity contribution in [3.05, 3.63) is 11.5 Å². The maximum Gasteiger partial charge on any atom is 0.332 e. The first-order valence-corrected chi connectivity index (χ1v) is 4.95. The maximum absolute atomic E-state index is 11.1. The van der Waals surface area contributed by atoms with Crippen molar-refractivity contribution in [2.24, 2.45) is 0 Å². The number of hydrogen-bond acceptors (Lipinski definition) is 4. The zero-order valence-corrected chi connectivity index (χ0v) is 8.68. The highest BCUT2D eigenvalue weighted by molar-refractivity contribution is 8.01. The van der Waals surface area contributed by atoms with E-state index in [1.807, 2.05) is 6.26 Å². The lowest BCUT2D eigenvalue weighted by molar-refractivity contribution is -0.143. The second kappa shape index (κ2) is 6.54. The molecule has 0 aromatic heterocycles. The van der Waals surface area contributed by atoms with Gasteiger partial charge in [0.1, 0.15) is 6.04 Å². The second-order valence-corrected chi connectivity index (χ2v) is 3.01. The molecule has 0 rings (SSSR count). The molecule has 4 nitrogen and oxygen atoms in total. The number of methoxy groups -OCH3 is 1. The molecule has 0 heterocycles. The zero-order valence-electron chi connectivity index (χ0n) is 7.87. The van der Waals surface area contributed by atoms with Crippen molar-refractivity contribution in [2.45, 2.75) is 13.0 Å². The van der Waals surface area contributed by atoms with E-state index in [0.29, 0.717) is 0 Å². The Kier molecular flexibility index (Phi) is 6.05. The van der Waals surface area contributed by atoms with E-state index in [1.165, 1.54) is 25.8 Å². The molecule has 0 spiro atoms. The van der Waals surface area contributed by atoms with Crippen LogP contribution in [-0.2, 0) is 14.3 Å². The molecule has 0 bridgehead atoms. The van der Waals surface area contributed by atoms with Gasteiger partial charge >= 0.3 is 5.97 Å². The van der Waals surface area contributed by atoms with Crippen molar-refractivity contribution in [3.8, 4) is 0 Å². The number of amides is 1. The quantitative estimate of drug-likeness (QED) is 0.678. The lowest BCUT2D eigenvalue weighted by Crippen LogP contribution is -2.38. The number of esters is 1. The molecule has 5 heteroatoms. The summed E-state index contributed by atoms with van der Waals surface area (Å²) < 4.78 is 4.50. The maximum atomic E-state index is 11.1. The van der Waals surface area contributed by atoms with Crippen LogP contribution in [0.25, 0.3) is 0 Å². The Morgan fingerprint density at radius 2 is 2.15 bits per heavy atom. The molecule has 0 saturated carbocycles. The Hall–Kier alpha value is -0.970. The Labute approximate surface area is 81.7 Å². The first-order chi connectivity index (χ1) is 6.11. The van der Waals surface area contributed by atoms with Gasteiger partial charge in [0, 0.05) is 6.92 Å². The van der Waals surface area contributed by atoms with Crippen LogP contribution >= 0.6 is 11.8 Å². The van der Waals surface area contributed by atoms with Crippen LogP contribution in [0.4, 0.5) is 0 Å². The van der Waals surface area contributed by atoms with Gasteiger partial charge in [-0.25, -0.2) is 4.79 Å². The highest BCUT2D eigenvalue weighted by atomic mass is 32.2. The van der Waals surface area contributed by atoms with Gasteiger partial charge in [0.25, 0.3) is 0 Å². The average molecular weight is 203 g/mol. The van der Waals surface area contributed by atoms with E-state index >= 15 is 0 Å². The molecule has 0 aliphatic rings. The normalized spacial score (nSPS) is 12.5. The smallest absolute Gasteiger partial charge is 0.332 e. The lowest BCUT2D eigenvalue weighted by atomic mass is 10.3. The molecule has 0 aliphatic heterocycles. The minimum absolute atomic E-state index is 0.263. The summed E-state index contributed by atoms with van der Waals surface area (Å²) in [4.78, 5) is 21.7. The lowest BCUT2D eigenvalue weighted by Gasteiger charge is -2.10. The summed E-state index contributed by atoms with van der Waals surface area (Å²) in [6.45, 7) is 1.35. The molecule has 0 saturated heterocycles. The topological polar surface area (TPSA) is 55.4 Å². The van der Waals surface area contributed by atoms with Gasteiger partial charge in [-0.3, -0.25) is 4.79 Å². The summed E-state index contributed by atoms with van der Waals surface area (Å²) in [5, 5.41) is 4.17. The minimum atomic E-state index is -0.685. The number of thioether (sulfide) groups is 1. The molecule has 0 aromatic rings. The summed E-state index contributed by atoms with van der Waals surface area (Å²) in [6, 6.07) is -0.685. The van der Waals surface area contributed by atoms with Crippen molar-refractivity contribution >= 4 is 23.6 Å². The first kappa shape index (κ1) is 12.0. The van der Waals surface area contributed by atoms with Crippen LogP contribution in [0.2, 0.25) is 0 Å². The van der Waals surface area contributed by atoms with E-state index in [1.54, 1.807) is 11.5 Å². The highest BCUT2D eigenvalue weighted by Crippen LogP contribution is 1.98. The molecule has 1 atom stereocenters. The Balaban J connectivity index is 4.27. The largest absolute Gasteiger partial charge is 0.467 e. The van der Waals surface area contributed by atoms with Crippen LogP contribution < -0.4 is 5.32 Å². The van der Waals surface area contributed by atoms with Crippen molar-refractivity contribution < 1.29 is 14.3 Å². The van der Waals surface area contributed by atoms with Crippen LogP contribution in [0, 0.1) is 0 Å². The van der Waals surface area contributed by atoms with E-state index < -0.39 is 12.0 Å². The van der Waals surface area contributed by atoms with Gasteiger partial charge in [0.15, 0.2) is 0 Å². The van der Waals surface area contributed by atoms with Crippen LogP contribution in [0.5, 0.6) is 0 Å². The van der Waals surface area contributed by atoms with E-state index in [2.05, 4.69) is 10.1 Å². The Morgan fingerprint density at radius 1 is 1.54 bits per heavy atom. The molecule has 1 N–H and O–H groups in total. The molecule has 0 radical (unpaired) electrons. The fraction of sp³-hybridized carbons (Fsp3) is 0.500. The molecule has 13 heavy (non-hydrogen) atoms. The summed E-state index contributed by atoms with van der Waals surface area (Å²) in [5.41, 5.74) is 0. The molecule has 74 valence electrons. The van der Waals surface area contributed by atoms with Crippen molar-refractivity contribution in [1.29, 1.82) is 0 Å². The Bertz CT molecular complexity index is 215. The fourth-order valence-electron chi connectivity index (χ4n) is 0.689. The third-order valence-electron chi connectivity index (χ3n) is 1.22. The molecular weight excluding hydrogens is 190 g/mol. The zero-order chi connectivity index (χ0) is 10.3. The summed E-state index contributed by atoms with van der Waals surface area (Å²) in [7, 11) is 1.28. The van der Waals surface area contributed by atoms with Crippen molar-refractivity contribution in [1.82, 2.24) is 5.32 Å². The number of ether oxygens (including phenoxy) is 1. The van der Waals surface area contributed by atoms with Gasteiger partial charge in [-0.2, -0.15) is 0 Å². The van der Waals surface area contributed by atoms with Gasteiger partial charge in [-0.05, 0) is 17.7 Å². The molecule has 1 amide bonds. The van der Waals surface area contributed by atoms with Crippen LogP contribution in [0.15, 0.2) is 11.5 Å². The van der Waals surface area contributed by atoms with Crippen LogP contribution in [0.3, 0.4) is 0 Å². The number of carbonyl (C=O) groups is 2. The molecular formula is C8H13NO3S. The summed E-state index contributed by atoms with van der Waals surface area (Å²) in [5.74, 6) is -0.735. The van der Waals surface area contributed by atoms with Crippen LogP contribution in [-0.4, -0.2) is 31.3 Å². The van der Waals surface area contributed by atoms with E-state index in [0.717, 1.165) is 0 Å². The van der Waals surface area contributed by atoms with E-state index in [9.17, 15) is 9.59 Å². The number of rotatable bonds is 4. The molecule has 0 unspecified atom stereocenters. The fourth-order valence-corrected chi connectivity index (χ4v) is 1.00. The van der Waals surface area contributed by atoms with Gasteiger partial charge in [-0.1, -0.05) is 0 Å². The molecule has 0 fully saturated rings. The van der Waals surface area contributed by atoms with Gasteiger partial charge in [0.05, 0.1) is 7.11 Å². The third-order valence-corrected chi connectivity index (χ3v) is 1.65. The van der Waals surface area contributed by atoms with Crippen molar-refractivity contribution in [3.63, 3.8) is 0 Å². The van der Waals surface area contributed by atoms with E-state index in [4.69, 9.17) is 0 Å². The number of carbonyl (C=O) groups excluding carboxylic acids is 2. The Morgan fingerprint density at radius 3 is 2.54 bits per heavy atom. The standard InChI is InChI=1S/C8H13NO3S/c1-6(10)9-7(4-5-13-3)8(11)12-2/h4-5,7H,1-3H3,(H,9,10)/b5-4-/t7-/m1/s1. The average Bonchev–Trinajstić information content (AvgIpc) is 2.10. The monoisotopic (exact) mass is 203 g/mol. The number of hydrogen-bond donors (Lipinski definition) is 1. The van der Waals surface area contributed by atoms with Gasteiger partial charge in [0.2, 0.25) is 5.91 Å². The van der Waals surface area contributed by atoms with E-state index in [-0.39, 0.29) is 5.91 Å². The summed E-state index contributed by atoms with van der Waals surface area (Å²) >= 11 is 1.45. The van der Waals surface area contributed by atoms with Gasteiger partial charge < -0.3 is 10.1 Å². The third kappa shape index (κ3) is 5.30. The minimum Gasteiger partial charge on any atom is -0.467 e. The first-order valence-electron chi connectivity index (χ1n) is 3.66. The molecule has 0 aromatic carbocycles. The highest BCUT2D eigenvalue weighted by Gasteiger charge is 2.15. The SMILES string of the molecule is COC(=O)[C@@H](/C=C\SC)NC(C)=O. The van der Waals surface area contributed by atoms with Gasteiger partial charge in [-0.15, -0.1) is 11.8 Å². The van der Waals surface area contributed by atoms with Crippen molar-refractivity contribution in [2.75, 3.05) is 13.4 Å². The number of nitrogens with one attached hydrogen (secondary N) is 1. The predicted molar refractivity (Wildman–Crippen MR) is 52.3 cm³/mol. The summed E-state index contributed by atoms with van der Waals surface area (Å²) in [6.07, 6.45) is 3.44.